The van der Waals surface area contributed by atoms with Crippen LogP contribution < -0.4 is 15.0 Å². The smallest absolute Gasteiger partial charge is 0.227 e. The Bertz CT molecular complexity index is 1040. The molecule has 1 fully saturated rings. The predicted molar refractivity (Wildman–Crippen MR) is 112 cm³/mol. The van der Waals surface area contributed by atoms with Gasteiger partial charge >= 0.3 is 0 Å². The second kappa shape index (κ2) is 8.31. The van der Waals surface area contributed by atoms with Crippen LogP contribution in [0, 0.1) is 5.92 Å². The summed E-state index contributed by atoms with van der Waals surface area (Å²) < 4.78 is 5.22. The van der Waals surface area contributed by atoms with E-state index in [4.69, 9.17) is 4.74 Å². The molecule has 2 amide bonds. The second-order valence-electron chi connectivity index (χ2n) is 7.15. The molecule has 1 aliphatic heterocycles. The summed E-state index contributed by atoms with van der Waals surface area (Å²) in [5, 5.41) is 3.94. The topological polar surface area (TPSA) is 71.5 Å². The van der Waals surface area contributed by atoms with Gasteiger partial charge < -0.3 is 15.0 Å². The fourth-order valence-corrected chi connectivity index (χ4v) is 3.72. The molecule has 3 aromatic rings. The van der Waals surface area contributed by atoms with Crippen LogP contribution in [0.5, 0.6) is 5.75 Å². The zero-order valence-electron chi connectivity index (χ0n) is 16.3. The average molecular weight is 389 g/mol. The van der Waals surface area contributed by atoms with Gasteiger partial charge in [-0.15, -0.1) is 0 Å². The zero-order valence-corrected chi connectivity index (χ0v) is 16.3. The van der Waals surface area contributed by atoms with E-state index in [9.17, 15) is 9.59 Å². The summed E-state index contributed by atoms with van der Waals surface area (Å²) >= 11 is 0. The largest absolute Gasteiger partial charge is 0.497 e. The first-order chi connectivity index (χ1) is 14.2. The molecule has 1 atom stereocenters. The van der Waals surface area contributed by atoms with Gasteiger partial charge in [-0.05, 0) is 36.2 Å². The van der Waals surface area contributed by atoms with Gasteiger partial charge in [0.25, 0.3) is 0 Å². The molecule has 148 valence electrons. The first-order valence-electron chi connectivity index (χ1n) is 9.70. The van der Waals surface area contributed by atoms with E-state index >= 15 is 0 Å². The van der Waals surface area contributed by atoms with Crippen molar-refractivity contribution in [3.63, 3.8) is 0 Å². The summed E-state index contributed by atoms with van der Waals surface area (Å²) in [7, 11) is 1.63. The first kappa shape index (κ1) is 18.9. The third-order valence-corrected chi connectivity index (χ3v) is 5.25. The Kier molecular flexibility index (Phi) is 5.42. The second-order valence-corrected chi connectivity index (χ2v) is 7.15. The van der Waals surface area contributed by atoms with E-state index in [1.807, 2.05) is 54.6 Å². The van der Waals surface area contributed by atoms with Gasteiger partial charge in [-0.3, -0.25) is 14.6 Å². The Balaban J connectivity index is 1.39. The monoisotopic (exact) mass is 389 g/mol. The number of pyridine rings is 1. The van der Waals surface area contributed by atoms with E-state index in [1.165, 1.54) is 0 Å². The normalized spacial score (nSPS) is 16.2. The Morgan fingerprint density at radius 2 is 2.03 bits per heavy atom. The summed E-state index contributed by atoms with van der Waals surface area (Å²) in [6.45, 7) is 0.895. The van der Waals surface area contributed by atoms with E-state index in [-0.39, 0.29) is 24.2 Å². The van der Waals surface area contributed by atoms with E-state index in [1.54, 1.807) is 18.2 Å². The zero-order chi connectivity index (χ0) is 20.2. The van der Waals surface area contributed by atoms with Crippen LogP contribution in [0.3, 0.4) is 0 Å². The number of benzene rings is 2. The number of hydrogen-bond acceptors (Lipinski definition) is 4. The van der Waals surface area contributed by atoms with Crippen LogP contribution in [0.15, 0.2) is 60.8 Å². The Morgan fingerprint density at radius 1 is 1.21 bits per heavy atom. The highest BCUT2D eigenvalue weighted by Gasteiger charge is 2.35. The van der Waals surface area contributed by atoms with Crippen molar-refractivity contribution >= 4 is 28.4 Å². The molecule has 1 aliphatic rings. The Hall–Kier alpha value is -3.41. The maximum Gasteiger partial charge on any atom is 0.227 e. The van der Waals surface area contributed by atoms with Crippen molar-refractivity contribution in [1.29, 1.82) is 0 Å². The molecule has 2 aromatic carbocycles. The fourth-order valence-electron chi connectivity index (χ4n) is 3.72. The number of nitrogens with zero attached hydrogens (tertiary/aromatic N) is 2. The minimum atomic E-state index is -0.355. The molecule has 4 rings (SSSR count). The van der Waals surface area contributed by atoms with Crippen molar-refractivity contribution in [3.8, 4) is 5.75 Å². The number of para-hydroxylation sites is 1. The summed E-state index contributed by atoms with van der Waals surface area (Å²) in [5.41, 5.74) is 2.64. The van der Waals surface area contributed by atoms with Crippen LogP contribution in [0.1, 0.15) is 12.0 Å². The third-order valence-electron chi connectivity index (χ3n) is 5.25. The maximum absolute atomic E-state index is 12.6. The number of rotatable bonds is 6. The molecule has 0 saturated carbocycles. The van der Waals surface area contributed by atoms with Gasteiger partial charge in [0.15, 0.2) is 0 Å². The number of carbonyl (C=O) groups excluding carboxylic acids is 2. The van der Waals surface area contributed by atoms with Gasteiger partial charge in [0, 0.05) is 31.1 Å². The number of amides is 2. The lowest BCUT2D eigenvalue weighted by atomic mass is 10.1. The van der Waals surface area contributed by atoms with Crippen LogP contribution in [0.2, 0.25) is 0 Å². The fraction of sp³-hybridized carbons (Fsp3) is 0.261. The Morgan fingerprint density at radius 3 is 2.90 bits per heavy atom. The van der Waals surface area contributed by atoms with Crippen LogP contribution in [0.25, 0.3) is 10.9 Å². The van der Waals surface area contributed by atoms with Crippen LogP contribution >= 0.6 is 0 Å². The van der Waals surface area contributed by atoms with Crippen molar-refractivity contribution in [2.24, 2.45) is 5.92 Å². The number of aromatic nitrogens is 1. The van der Waals surface area contributed by atoms with E-state index in [0.717, 1.165) is 27.9 Å². The molecular weight excluding hydrogens is 366 g/mol. The van der Waals surface area contributed by atoms with E-state index in [2.05, 4.69) is 10.3 Å². The minimum Gasteiger partial charge on any atom is -0.497 e. The number of hydrogen-bond donors (Lipinski definition) is 1. The molecule has 0 bridgehead atoms. The molecule has 6 nitrogen and oxygen atoms in total. The molecule has 1 unspecified atom stereocenters. The van der Waals surface area contributed by atoms with Crippen LogP contribution in [-0.2, 0) is 16.0 Å². The van der Waals surface area contributed by atoms with Crippen molar-refractivity contribution in [2.75, 3.05) is 25.1 Å². The standard InChI is InChI=1S/C23H23N3O3/c1-29-19-8-2-5-16(13-19)10-12-25-23(28)18-14-21(27)26(15-18)20-9-3-6-17-7-4-11-24-22(17)20/h2-9,11,13,18H,10,12,14-15H2,1H3,(H,25,28). The molecule has 0 aliphatic carbocycles. The lowest BCUT2D eigenvalue weighted by molar-refractivity contribution is -0.126. The van der Waals surface area contributed by atoms with Crippen molar-refractivity contribution in [2.45, 2.75) is 12.8 Å². The van der Waals surface area contributed by atoms with E-state index < -0.39 is 0 Å². The van der Waals surface area contributed by atoms with Crippen molar-refractivity contribution in [1.82, 2.24) is 10.3 Å². The summed E-state index contributed by atoms with van der Waals surface area (Å²) in [4.78, 5) is 31.3. The molecule has 1 saturated heterocycles. The highest BCUT2D eigenvalue weighted by Crippen LogP contribution is 2.30. The van der Waals surface area contributed by atoms with E-state index in [0.29, 0.717) is 19.5 Å². The highest BCUT2D eigenvalue weighted by molar-refractivity contribution is 6.05. The number of methoxy groups -OCH3 is 1. The number of anilines is 1. The van der Waals surface area contributed by atoms with Gasteiger partial charge in [-0.2, -0.15) is 0 Å². The molecule has 0 radical (unpaired) electrons. The minimum absolute atomic E-state index is 0.0453. The van der Waals surface area contributed by atoms with Gasteiger partial charge in [-0.25, -0.2) is 0 Å². The van der Waals surface area contributed by atoms with Gasteiger partial charge in [0.2, 0.25) is 11.8 Å². The first-order valence-corrected chi connectivity index (χ1v) is 9.70. The lowest BCUT2D eigenvalue weighted by Gasteiger charge is -2.18. The third kappa shape index (κ3) is 4.06. The quantitative estimate of drug-likeness (QED) is 0.704. The molecule has 2 heterocycles. The molecule has 1 N–H and O–H groups in total. The lowest BCUT2D eigenvalue weighted by Crippen LogP contribution is -2.34. The molecular formula is C23H23N3O3. The number of ether oxygens (including phenoxy) is 1. The predicted octanol–water partition coefficient (Wildman–Crippen LogP) is 2.96. The van der Waals surface area contributed by atoms with Gasteiger partial charge in [0.05, 0.1) is 24.2 Å². The average Bonchev–Trinajstić information content (AvgIpc) is 3.15. The molecule has 0 spiro atoms. The SMILES string of the molecule is COc1cccc(CCNC(=O)C2CC(=O)N(c3cccc4cccnc34)C2)c1. The number of carbonyl (C=O) groups is 2. The number of fused-ring (bicyclic) bond motifs is 1. The summed E-state index contributed by atoms with van der Waals surface area (Å²) in [6, 6.07) is 17.4. The maximum atomic E-state index is 12.6. The van der Waals surface area contributed by atoms with Crippen molar-refractivity contribution < 1.29 is 14.3 Å². The Labute approximate surface area is 169 Å². The number of nitrogens with one attached hydrogen (secondary N) is 1. The van der Waals surface area contributed by atoms with Crippen LogP contribution in [0.4, 0.5) is 5.69 Å². The van der Waals surface area contributed by atoms with Gasteiger partial charge in [-0.1, -0.05) is 30.3 Å². The molecule has 1 aromatic heterocycles. The highest BCUT2D eigenvalue weighted by atomic mass is 16.5. The summed E-state index contributed by atoms with van der Waals surface area (Å²) in [6.07, 6.45) is 2.64. The van der Waals surface area contributed by atoms with Crippen LogP contribution in [-0.4, -0.2) is 37.0 Å². The van der Waals surface area contributed by atoms with Crippen molar-refractivity contribution in [3.05, 3.63) is 66.4 Å². The van der Waals surface area contributed by atoms with Gasteiger partial charge in [0.1, 0.15) is 5.75 Å². The molecule has 29 heavy (non-hydrogen) atoms. The summed E-state index contributed by atoms with van der Waals surface area (Å²) in [5.74, 6) is 0.314. The molecule has 6 heteroatoms.